The van der Waals surface area contributed by atoms with E-state index in [1.807, 2.05) is 0 Å². The number of aliphatic hydroxyl groups is 1. The predicted octanol–water partition coefficient (Wildman–Crippen LogP) is 4.61. The standard InChI is InChI=1S/C25H20ClNO8/c1-12-4-6-17(35-12)22-21(23(28)14-9-19(32-3)15(26)10-18(14)31-2)24(29)25(30)27(22)13-5-7-16-20(8-13)34-11-33-16/h4-10,22,28H,11H2,1-3H3/b23-21+. The predicted molar refractivity (Wildman–Crippen MR) is 125 cm³/mol. The van der Waals surface area contributed by atoms with Crippen LogP contribution in [0.15, 0.2) is 52.5 Å². The van der Waals surface area contributed by atoms with Gasteiger partial charge in [-0.3, -0.25) is 14.5 Å². The summed E-state index contributed by atoms with van der Waals surface area (Å²) in [6, 6.07) is 10.1. The highest BCUT2D eigenvalue weighted by atomic mass is 35.5. The number of aryl methyl sites for hydroxylation is 1. The fourth-order valence-electron chi connectivity index (χ4n) is 4.19. The zero-order chi connectivity index (χ0) is 24.9. The van der Waals surface area contributed by atoms with Crippen LogP contribution in [0.1, 0.15) is 23.1 Å². The Morgan fingerprint density at radius 3 is 2.46 bits per heavy atom. The van der Waals surface area contributed by atoms with Crippen molar-refractivity contribution in [2.45, 2.75) is 13.0 Å². The molecule has 1 fully saturated rings. The molecule has 3 heterocycles. The first-order valence-corrected chi connectivity index (χ1v) is 10.9. The van der Waals surface area contributed by atoms with Gasteiger partial charge >= 0.3 is 0 Å². The van der Waals surface area contributed by atoms with Crippen molar-refractivity contribution >= 4 is 34.7 Å². The van der Waals surface area contributed by atoms with Crippen LogP contribution < -0.4 is 23.8 Å². The van der Waals surface area contributed by atoms with E-state index in [0.29, 0.717) is 28.7 Å². The maximum atomic E-state index is 13.3. The van der Waals surface area contributed by atoms with Crippen LogP contribution in [0.5, 0.6) is 23.0 Å². The van der Waals surface area contributed by atoms with Crippen molar-refractivity contribution in [2.24, 2.45) is 0 Å². The summed E-state index contributed by atoms with van der Waals surface area (Å²) >= 11 is 6.20. The lowest BCUT2D eigenvalue weighted by molar-refractivity contribution is -0.132. The highest BCUT2D eigenvalue weighted by molar-refractivity contribution is 6.51. The number of ether oxygens (including phenoxy) is 4. The summed E-state index contributed by atoms with van der Waals surface area (Å²) in [7, 11) is 2.81. The third-order valence-corrected chi connectivity index (χ3v) is 6.13. The summed E-state index contributed by atoms with van der Waals surface area (Å²) in [5.74, 6) is 0.0674. The number of halogens is 1. The Morgan fingerprint density at radius 1 is 1.03 bits per heavy atom. The smallest absolute Gasteiger partial charge is 0.300 e. The zero-order valence-corrected chi connectivity index (χ0v) is 19.7. The van der Waals surface area contributed by atoms with Gasteiger partial charge in [0.2, 0.25) is 6.79 Å². The number of nitrogens with zero attached hydrogens (tertiary/aromatic N) is 1. The van der Waals surface area contributed by atoms with E-state index < -0.39 is 23.5 Å². The molecule has 3 aromatic rings. The molecule has 2 aliphatic rings. The maximum Gasteiger partial charge on any atom is 0.300 e. The van der Waals surface area contributed by atoms with Crippen molar-refractivity contribution in [1.82, 2.24) is 0 Å². The fourth-order valence-corrected chi connectivity index (χ4v) is 4.42. The minimum Gasteiger partial charge on any atom is -0.507 e. The fraction of sp³-hybridized carbons (Fsp3) is 0.200. The van der Waals surface area contributed by atoms with E-state index in [1.165, 1.54) is 31.3 Å². The lowest BCUT2D eigenvalue weighted by atomic mass is 9.98. The number of hydrogen-bond donors (Lipinski definition) is 1. The Balaban J connectivity index is 1.73. The molecule has 1 amide bonds. The molecule has 1 unspecified atom stereocenters. The number of benzene rings is 2. The van der Waals surface area contributed by atoms with Gasteiger partial charge in [-0.05, 0) is 37.3 Å². The van der Waals surface area contributed by atoms with Gasteiger partial charge in [0.1, 0.15) is 34.8 Å². The van der Waals surface area contributed by atoms with E-state index in [0.717, 1.165) is 0 Å². The summed E-state index contributed by atoms with van der Waals surface area (Å²) in [6.45, 7) is 1.79. The average molecular weight is 498 g/mol. The van der Waals surface area contributed by atoms with Gasteiger partial charge in [-0.2, -0.15) is 0 Å². The molecule has 1 N–H and O–H groups in total. The van der Waals surface area contributed by atoms with Crippen molar-refractivity contribution < 1.29 is 38.1 Å². The van der Waals surface area contributed by atoms with Gasteiger partial charge in [0.25, 0.3) is 11.7 Å². The minimum atomic E-state index is -1.06. The molecule has 2 aliphatic heterocycles. The Kier molecular flexibility index (Phi) is 5.56. The molecule has 1 saturated heterocycles. The molecule has 35 heavy (non-hydrogen) atoms. The Morgan fingerprint density at radius 2 is 1.77 bits per heavy atom. The van der Waals surface area contributed by atoms with Crippen LogP contribution in [0, 0.1) is 6.92 Å². The minimum absolute atomic E-state index is 0.0522. The molecule has 10 heteroatoms. The van der Waals surface area contributed by atoms with Gasteiger partial charge in [-0.1, -0.05) is 11.6 Å². The number of anilines is 1. The second-order valence-corrected chi connectivity index (χ2v) is 8.25. The molecule has 0 spiro atoms. The molecule has 0 radical (unpaired) electrons. The summed E-state index contributed by atoms with van der Waals surface area (Å²) < 4.78 is 27.3. The van der Waals surface area contributed by atoms with Crippen molar-refractivity contribution in [3.05, 3.63) is 70.1 Å². The van der Waals surface area contributed by atoms with Crippen molar-refractivity contribution in [3.8, 4) is 23.0 Å². The monoisotopic (exact) mass is 497 g/mol. The molecule has 5 rings (SSSR count). The molecular formula is C25H20ClNO8. The molecular weight excluding hydrogens is 478 g/mol. The number of furan rings is 1. The average Bonchev–Trinajstić information content (AvgIpc) is 3.56. The van der Waals surface area contributed by atoms with Crippen LogP contribution in [0.2, 0.25) is 5.02 Å². The molecule has 0 bridgehead atoms. The number of methoxy groups -OCH3 is 2. The summed E-state index contributed by atoms with van der Waals surface area (Å²) in [5, 5.41) is 11.7. The second-order valence-electron chi connectivity index (χ2n) is 7.84. The highest BCUT2D eigenvalue weighted by Gasteiger charge is 2.49. The molecule has 2 aromatic carbocycles. The normalized spacial score (nSPS) is 18.3. The van der Waals surface area contributed by atoms with Gasteiger partial charge in [-0.25, -0.2) is 0 Å². The van der Waals surface area contributed by atoms with Crippen LogP contribution in [0.25, 0.3) is 5.76 Å². The van der Waals surface area contributed by atoms with Crippen molar-refractivity contribution in [3.63, 3.8) is 0 Å². The molecule has 0 aliphatic carbocycles. The van der Waals surface area contributed by atoms with Crippen LogP contribution in [0.4, 0.5) is 5.69 Å². The number of ketones is 1. The summed E-state index contributed by atoms with van der Waals surface area (Å²) in [5.41, 5.74) is 0.325. The number of rotatable bonds is 5. The summed E-state index contributed by atoms with van der Waals surface area (Å²) in [6.07, 6.45) is 0. The van der Waals surface area contributed by atoms with Gasteiger partial charge < -0.3 is 28.5 Å². The summed E-state index contributed by atoms with van der Waals surface area (Å²) in [4.78, 5) is 27.9. The number of Topliss-reactive ketones (excluding diaryl/α,β-unsaturated/α-hetero) is 1. The first-order valence-electron chi connectivity index (χ1n) is 10.5. The number of carbonyl (C=O) groups excluding carboxylic acids is 2. The van der Waals surface area contributed by atoms with E-state index in [4.69, 9.17) is 35.0 Å². The van der Waals surface area contributed by atoms with Gasteiger partial charge in [0.05, 0.1) is 30.4 Å². The first kappa shape index (κ1) is 22.7. The van der Waals surface area contributed by atoms with Gasteiger partial charge in [0.15, 0.2) is 11.5 Å². The number of amides is 1. The number of hydrogen-bond acceptors (Lipinski definition) is 8. The van der Waals surface area contributed by atoms with Gasteiger partial charge in [-0.15, -0.1) is 0 Å². The molecule has 9 nitrogen and oxygen atoms in total. The highest BCUT2D eigenvalue weighted by Crippen LogP contribution is 2.46. The van der Waals surface area contributed by atoms with Crippen LogP contribution in [-0.2, 0) is 9.59 Å². The topological polar surface area (TPSA) is 108 Å². The number of aliphatic hydroxyl groups excluding tert-OH is 1. The van der Waals surface area contributed by atoms with Gasteiger partial charge in [0, 0.05) is 17.8 Å². The quantitative estimate of drug-likeness (QED) is 0.309. The van der Waals surface area contributed by atoms with E-state index in [1.54, 1.807) is 37.3 Å². The SMILES string of the molecule is COc1cc(/C(O)=C2\C(=O)C(=O)N(c3ccc4c(c3)OCO4)C2c2ccc(C)o2)c(OC)cc1Cl. The van der Waals surface area contributed by atoms with E-state index in [-0.39, 0.29) is 34.5 Å². The lowest BCUT2D eigenvalue weighted by Crippen LogP contribution is -2.29. The lowest BCUT2D eigenvalue weighted by Gasteiger charge is -2.24. The molecule has 1 aromatic heterocycles. The van der Waals surface area contributed by atoms with Crippen LogP contribution in [-0.4, -0.2) is 37.8 Å². The zero-order valence-electron chi connectivity index (χ0n) is 19.0. The van der Waals surface area contributed by atoms with Crippen LogP contribution >= 0.6 is 11.6 Å². The Labute approximate surface area is 205 Å². The number of carbonyl (C=O) groups is 2. The molecule has 180 valence electrons. The second kappa shape index (κ2) is 8.59. The third-order valence-electron chi connectivity index (χ3n) is 5.84. The van der Waals surface area contributed by atoms with E-state index in [2.05, 4.69) is 0 Å². The Hall–Kier alpha value is -4.11. The first-order chi connectivity index (χ1) is 16.8. The van der Waals surface area contributed by atoms with E-state index >= 15 is 0 Å². The van der Waals surface area contributed by atoms with Crippen molar-refractivity contribution in [1.29, 1.82) is 0 Å². The van der Waals surface area contributed by atoms with E-state index in [9.17, 15) is 14.7 Å². The third kappa shape index (κ3) is 3.64. The molecule has 0 saturated carbocycles. The largest absolute Gasteiger partial charge is 0.507 e. The number of fused-ring (bicyclic) bond motifs is 1. The van der Waals surface area contributed by atoms with Crippen LogP contribution in [0.3, 0.4) is 0 Å². The Bertz CT molecular complexity index is 1390. The molecule has 1 atom stereocenters. The van der Waals surface area contributed by atoms with Crippen molar-refractivity contribution in [2.75, 3.05) is 25.9 Å². The maximum absolute atomic E-state index is 13.3.